The fourth-order valence-electron chi connectivity index (χ4n) is 2.15. The summed E-state index contributed by atoms with van der Waals surface area (Å²) in [7, 11) is 4.81. The summed E-state index contributed by atoms with van der Waals surface area (Å²) in [5.41, 5.74) is 2.23. The Bertz CT molecular complexity index is 661. The van der Waals surface area contributed by atoms with Gasteiger partial charge in [-0.2, -0.15) is 5.10 Å². The van der Waals surface area contributed by atoms with Gasteiger partial charge in [0.2, 0.25) is 0 Å². The minimum atomic E-state index is -1.07. The summed E-state index contributed by atoms with van der Waals surface area (Å²) in [5.74, 6) is 0.175. The maximum atomic E-state index is 11.0. The molecule has 0 fully saturated rings. The standard InChI is InChI=1S/C14H16N2O4/c1-8-5-6-11(19-3)12(13(8)20-4)10-7-9(14(17)18)15-16(10)2/h5-7H,1-4H3,(H,17,18). The van der Waals surface area contributed by atoms with Gasteiger partial charge in [0.15, 0.2) is 5.69 Å². The Morgan fingerprint density at radius 2 is 2.00 bits per heavy atom. The van der Waals surface area contributed by atoms with E-state index in [9.17, 15) is 4.79 Å². The number of carbonyl (C=O) groups is 1. The second-order valence-corrected chi connectivity index (χ2v) is 4.34. The molecule has 6 nitrogen and oxygen atoms in total. The molecule has 0 aliphatic rings. The first-order valence-corrected chi connectivity index (χ1v) is 5.98. The molecule has 0 aliphatic heterocycles. The maximum Gasteiger partial charge on any atom is 0.356 e. The number of carboxylic acids is 1. The van der Waals surface area contributed by atoms with Gasteiger partial charge in [-0.1, -0.05) is 6.07 Å². The number of carboxylic acid groups (broad SMARTS) is 1. The molecule has 0 atom stereocenters. The van der Waals surface area contributed by atoms with E-state index in [4.69, 9.17) is 14.6 Å². The van der Waals surface area contributed by atoms with Crippen molar-refractivity contribution in [2.75, 3.05) is 14.2 Å². The molecule has 0 bridgehead atoms. The van der Waals surface area contributed by atoms with Crippen LogP contribution >= 0.6 is 0 Å². The van der Waals surface area contributed by atoms with E-state index >= 15 is 0 Å². The van der Waals surface area contributed by atoms with Gasteiger partial charge in [-0.25, -0.2) is 4.79 Å². The first-order chi connectivity index (χ1) is 9.49. The molecular weight excluding hydrogens is 260 g/mol. The quantitative estimate of drug-likeness (QED) is 0.925. The molecule has 1 heterocycles. The molecule has 0 spiro atoms. The molecule has 106 valence electrons. The highest BCUT2D eigenvalue weighted by Gasteiger charge is 2.20. The van der Waals surface area contributed by atoms with Crippen LogP contribution in [0, 0.1) is 6.92 Å². The number of aromatic nitrogens is 2. The van der Waals surface area contributed by atoms with Gasteiger partial charge < -0.3 is 14.6 Å². The van der Waals surface area contributed by atoms with Crippen molar-refractivity contribution in [3.05, 3.63) is 29.5 Å². The summed E-state index contributed by atoms with van der Waals surface area (Å²) >= 11 is 0. The minimum absolute atomic E-state index is 0.0203. The zero-order valence-electron chi connectivity index (χ0n) is 11.8. The molecule has 0 amide bonds. The van der Waals surface area contributed by atoms with Gasteiger partial charge in [-0.3, -0.25) is 4.68 Å². The van der Waals surface area contributed by atoms with Gasteiger partial charge in [0.25, 0.3) is 0 Å². The van der Waals surface area contributed by atoms with E-state index in [0.29, 0.717) is 22.8 Å². The lowest BCUT2D eigenvalue weighted by atomic mass is 10.0. The summed E-state index contributed by atoms with van der Waals surface area (Å²) in [6, 6.07) is 5.21. The third kappa shape index (κ3) is 2.20. The van der Waals surface area contributed by atoms with Crippen LogP contribution in [0.3, 0.4) is 0 Å². The van der Waals surface area contributed by atoms with Gasteiger partial charge in [-0.15, -0.1) is 0 Å². The number of rotatable bonds is 4. The molecule has 1 N–H and O–H groups in total. The largest absolute Gasteiger partial charge is 0.496 e. The van der Waals surface area contributed by atoms with E-state index in [1.54, 1.807) is 21.3 Å². The van der Waals surface area contributed by atoms with E-state index in [2.05, 4.69) is 5.10 Å². The van der Waals surface area contributed by atoms with Gasteiger partial charge in [0.1, 0.15) is 11.5 Å². The monoisotopic (exact) mass is 276 g/mol. The fraction of sp³-hybridized carbons (Fsp3) is 0.286. The lowest BCUT2D eigenvalue weighted by Gasteiger charge is -2.15. The van der Waals surface area contributed by atoms with Crippen molar-refractivity contribution < 1.29 is 19.4 Å². The van der Waals surface area contributed by atoms with E-state index in [1.165, 1.54) is 10.7 Å². The molecule has 0 saturated carbocycles. The van der Waals surface area contributed by atoms with Crippen molar-refractivity contribution in [3.8, 4) is 22.8 Å². The number of hydrogen-bond acceptors (Lipinski definition) is 4. The van der Waals surface area contributed by atoms with Crippen LogP contribution in [-0.2, 0) is 7.05 Å². The predicted molar refractivity (Wildman–Crippen MR) is 73.4 cm³/mol. The summed E-state index contributed by atoms with van der Waals surface area (Å²) in [4.78, 5) is 11.0. The number of aromatic carboxylic acids is 1. The average Bonchev–Trinajstić information content (AvgIpc) is 2.80. The van der Waals surface area contributed by atoms with Gasteiger partial charge >= 0.3 is 5.97 Å². The van der Waals surface area contributed by atoms with Crippen molar-refractivity contribution in [1.82, 2.24) is 9.78 Å². The van der Waals surface area contributed by atoms with Crippen LogP contribution in [0.15, 0.2) is 18.2 Å². The van der Waals surface area contributed by atoms with Crippen LogP contribution in [-0.4, -0.2) is 35.1 Å². The van der Waals surface area contributed by atoms with Crippen LogP contribution < -0.4 is 9.47 Å². The Balaban J connectivity index is 2.73. The molecule has 1 aromatic carbocycles. The summed E-state index contributed by atoms with van der Waals surface area (Å²) < 4.78 is 12.3. The molecule has 2 rings (SSSR count). The number of hydrogen-bond donors (Lipinski definition) is 1. The van der Waals surface area contributed by atoms with Crippen LogP contribution in [0.2, 0.25) is 0 Å². The molecule has 0 radical (unpaired) electrons. The zero-order chi connectivity index (χ0) is 14.9. The summed E-state index contributed by atoms with van der Waals surface area (Å²) in [6.07, 6.45) is 0. The molecule has 0 saturated heterocycles. The van der Waals surface area contributed by atoms with Gasteiger partial charge in [-0.05, 0) is 24.6 Å². The van der Waals surface area contributed by atoms with E-state index in [1.807, 2.05) is 19.1 Å². The second kappa shape index (κ2) is 5.24. The molecule has 20 heavy (non-hydrogen) atoms. The van der Waals surface area contributed by atoms with E-state index in [0.717, 1.165) is 5.56 Å². The SMILES string of the molecule is COc1ccc(C)c(OC)c1-c1cc(C(=O)O)nn1C. The summed E-state index contributed by atoms with van der Waals surface area (Å²) in [6.45, 7) is 1.91. The third-order valence-corrected chi connectivity index (χ3v) is 3.10. The molecule has 1 aromatic heterocycles. The Labute approximate surface area is 116 Å². The van der Waals surface area contributed by atoms with E-state index < -0.39 is 5.97 Å². The summed E-state index contributed by atoms with van der Waals surface area (Å²) in [5, 5.41) is 13.0. The molecule has 6 heteroatoms. The van der Waals surface area contributed by atoms with Crippen molar-refractivity contribution in [2.45, 2.75) is 6.92 Å². The fourth-order valence-corrected chi connectivity index (χ4v) is 2.15. The van der Waals surface area contributed by atoms with Crippen molar-refractivity contribution in [1.29, 1.82) is 0 Å². The lowest BCUT2D eigenvalue weighted by molar-refractivity contribution is 0.0689. The molecule has 0 unspecified atom stereocenters. The number of nitrogens with zero attached hydrogens (tertiary/aromatic N) is 2. The van der Waals surface area contributed by atoms with E-state index in [-0.39, 0.29) is 5.69 Å². The normalized spacial score (nSPS) is 10.4. The highest BCUT2D eigenvalue weighted by molar-refractivity contribution is 5.88. The maximum absolute atomic E-state index is 11.0. The first kappa shape index (κ1) is 13.9. The molecule has 2 aromatic rings. The van der Waals surface area contributed by atoms with Gasteiger partial charge in [0.05, 0.1) is 25.5 Å². The second-order valence-electron chi connectivity index (χ2n) is 4.34. The lowest BCUT2D eigenvalue weighted by Crippen LogP contribution is -2.01. The highest BCUT2D eigenvalue weighted by atomic mass is 16.5. The topological polar surface area (TPSA) is 73.6 Å². The Kier molecular flexibility index (Phi) is 3.65. The van der Waals surface area contributed by atoms with Crippen molar-refractivity contribution >= 4 is 5.97 Å². The molecule has 0 aliphatic carbocycles. The minimum Gasteiger partial charge on any atom is -0.496 e. The Hall–Kier alpha value is -2.50. The zero-order valence-corrected chi connectivity index (χ0v) is 11.8. The van der Waals surface area contributed by atoms with Crippen LogP contribution in [0.4, 0.5) is 0 Å². The smallest absolute Gasteiger partial charge is 0.356 e. The Morgan fingerprint density at radius 1 is 1.30 bits per heavy atom. The average molecular weight is 276 g/mol. The number of methoxy groups -OCH3 is 2. The first-order valence-electron chi connectivity index (χ1n) is 5.98. The third-order valence-electron chi connectivity index (χ3n) is 3.10. The van der Waals surface area contributed by atoms with Crippen LogP contribution in [0.25, 0.3) is 11.3 Å². The number of ether oxygens (including phenoxy) is 2. The van der Waals surface area contributed by atoms with Crippen LogP contribution in [0.5, 0.6) is 11.5 Å². The number of aryl methyl sites for hydroxylation is 2. The Morgan fingerprint density at radius 3 is 2.50 bits per heavy atom. The predicted octanol–water partition coefficient (Wildman–Crippen LogP) is 2.11. The van der Waals surface area contributed by atoms with Crippen LogP contribution in [0.1, 0.15) is 16.1 Å². The van der Waals surface area contributed by atoms with Crippen molar-refractivity contribution in [2.24, 2.45) is 7.05 Å². The highest BCUT2D eigenvalue weighted by Crippen LogP contribution is 2.40. The van der Waals surface area contributed by atoms with Crippen molar-refractivity contribution in [3.63, 3.8) is 0 Å². The number of benzene rings is 1. The van der Waals surface area contributed by atoms with Gasteiger partial charge in [0, 0.05) is 7.05 Å². The molecular formula is C14H16N2O4.